The van der Waals surface area contributed by atoms with Crippen LogP contribution in [0.5, 0.6) is 11.5 Å². The molecule has 124 valence electrons. The monoisotopic (exact) mass is 364 g/mol. The van der Waals surface area contributed by atoms with Crippen LogP contribution >= 0.6 is 23.2 Å². The van der Waals surface area contributed by atoms with E-state index in [2.05, 4.69) is 10.5 Å². The third kappa shape index (κ3) is 3.63. The van der Waals surface area contributed by atoms with Crippen molar-refractivity contribution >= 4 is 34.8 Å². The summed E-state index contributed by atoms with van der Waals surface area (Å²) in [6.45, 7) is 1.89. The molecule has 2 aromatic rings. The first-order valence-corrected chi connectivity index (χ1v) is 7.98. The van der Waals surface area contributed by atoms with E-state index in [-0.39, 0.29) is 12.5 Å². The first-order valence-electron chi connectivity index (χ1n) is 7.22. The second kappa shape index (κ2) is 7.11. The van der Waals surface area contributed by atoms with E-state index in [0.717, 1.165) is 5.56 Å². The molecule has 24 heavy (non-hydrogen) atoms. The van der Waals surface area contributed by atoms with Crippen LogP contribution in [-0.2, 0) is 4.79 Å². The molecule has 0 bridgehead atoms. The number of nitrogens with one attached hydrogen (secondary N) is 1. The molecule has 0 radical (unpaired) electrons. The Kier molecular flexibility index (Phi) is 4.92. The lowest BCUT2D eigenvalue weighted by molar-refractivity contribution is -0.130. The molecule has 0 aromatic heterocycles. The minimum atomic E-state index is -0.759. The fourth-order valence-corrected chi connectivity index (χ4v) is 2.44. The molecule has 1 aliphatic rings. The SMILES string of the molecule is CC(=NNC(=O)C1COc2ccccc2O1)c1ccc(Cl)c(Cl)c1. The number of nitrogens with zero attached hydrogens (tertiary/aromatic N) is 1. The molecule has 1 atom stereocenters. The Balaban J connectivity index is 1.66. The van der Waals surface area contributed by atoms with E-state index in [9.17, 15) is 4.79 Å². The maximum Gasteiger partial charge on any atom is 0.284 e. The van der Waals surface area contributed by atoms with Crippen LogP contribution in [0.2, 0.25) is 10.0 Å². The third-order valence-corrected chi connectivity index (χ3v) is 4.21. The Morgan fingerprint density at radius 3 is 2.67 bits per heavy atom. The quantitative estimate of drug-likeness (QED) is 0.667. The number of carbonyl (C=O) groups is 1. The lowest BCUT2D eigenvalue weighted by Gasteiger charge is -2.24. The first-order chi connectivity index (χ1) is 11.5. The van der Waals surface area contributed by atoms with Crippen LogP contribution < -0.4 is 14.9 Å². The highest BCUT2D eigenvalue weighted by atomic mass is 35.5. The lowest BCUT2D eigenvalue weighted by atomic mass is 10.1. The van der Waals surface area contributed by atoms with Crippen LogP contribution in [-0.4, -0.2) is 24.3 Å². The van der Waals surface area contributed by atoms with Gasteiger partial charge in [0, 0.05) is 0 Å². The molecule has 0 saturated heterocycles. The van der Waals surface area contributed by atoms with Gasteiger partial charge in [0.2, 0.25) is 6.10 Å². The summed E-state index contributed by atoms with van der Waals surface area (Å²) in [7, 11) is 0. The van der Waals surface area contributed by atoms with Gasteiger partial charge in [-0.15, -0.1) is 0 Å². The van der Waals surface area contributed by atoms with Gasteiger partial charge in [-0.05, 0) is 36.8 Å². The Labute approximate surface area is 149 Å². The predicted octanol–water partition coefficient (Wildman–Crippen LogP) is 3.67. The number of hydrogen-bond acceptors (Lipinski definition) is 4. The standard InChI is InChI=1S/C17H14Cl2N2O3/c1-10(11-6-7-12(18)13(19)8-11)20-21-17(22)16-9-23-14-4-2-3-5-15(14)24-16/h2-8,16H,9H2,1H3,(H,21,22). The molecule has 3 rings (SSSR count). The molecule has 0 fully saturated rings. The van der Waals surface area contributed by atoms with Gasteiger partial charge in [-0.1, -0.05) is 41.4 Å². The molecule has 5 nitrogen and oxygen atoms in total. The molecule has 0 spiro atoms. The van der Waals surface area contributed by atoms with E-state index in [1.54, 1.807) is 37.3 Å². The van der Waals surface area contributed by atoms with Gasteiger partial charge in [0.05, 0.1) is 15.8 Å². The summed E-state index contributed by atoms with van der Waals surface area (Å²) in [6.07, 6.45) is -0.759. The molecule has 1 unspecified atom stereocenters. The number of carbonyl (C=O) groups excluding carboxylic acids is 1. The van der Waals surface area contributed by atoms with Gasteiger partial charge in [0.25, 0.3) is 5.91 Å². The smallest absolute Gasteiger partial charge is 0.284 e. The van der Waals surface area contributed by atoms with Crippen molar-refractivity contribution in [2.24, 2.45) is 5.10 Å². The lowest BCUT2D eigenvalue weighted by Crippen LogP contribution is -2.42. The Hall–Kier alpha value is -2.24. The van der Waals surface area contributed by atoms with E-state index < -0.39 is 6.10 Å². The third-order valence-electron chi connectivity index (χ3n) is 3.47. The molecule has 1 aliphatic heterocycles. The topological polar surface area (TPSA) is 59.9 Å². The second-order valence-corrected chi connectivity index (χ2v) is 5.98. The number of hydrogen-bond donors (Lipinski definition) is 1. The Morgan fingerprint density at radius 1 is 1.17 bits per heavy atom. The second-order valence-electron chi connectivity index (χ2n) is 5.17. The van der Waals surface area contributed by atoms with Gasteiger partial charge in [-0.2, -0.15) is 5.10 Å². The Morgan fingerprint density at radius 2 is 1.92 bits per heavy atom. The summed E-state index contributed by atoms with van der Waals surface area (Å²) in [5, 5.41) is 4.96. The van der Waals surface area contributed by atoms with Crippen molar-refractivity contribution in [2.75, 3.05) is 6.61 Å². The zero-order valence-electron chi connectivity index (χ0n) is 12.8. The summed E-state index contributed by atoms with van der Waals surface area (Å²) in [4.78, 5) is 12.2. The van der Waals surface area contributed by atoms with Crippen molar-refractivity contribution < 1.29 is 14.3 Å². The maximum absolute atomic E-state index is 12.2. The minimum Gasteiger partial charge on any atom is -0.485 e. The van der Waals surface area contributed by atoms with Crippen LogP contribution in [0.25, 0.3) is 0 Å². The maximum atomic E-state index is 12.2. The Bertz CT molecular complexity index is 808. The number of hydrazone groups is 1. The van der Waals surface area contributed by atoms with E-state index in [4.69, 9.17) is 32.7 Å². The van der Waals surface area contributed by atoms with Gasteiger partial charge in [0.1, 0.15) is 6.61 Å². The van der Waals surface area contributed by atoms with Crippen LogP contribution in [0, 0.1) is 0 Å². The largest absolute Gasteiger partial charge is 0.485 e. The van der Waals surface area contributed by atoms with Crippen molar-refractivity contribution in [3.63, 3.8) is 0 Å². The molecule has 0 saturated carbocycles. The van der Waals surface area contributed by atoms with Gasteiger partial charge in [-0.3, -0.25) is 4.79 Å². The first kappa shape index (κ1) is 16.6. The summed E-state index contributed by atoms with van der Waals surface area (Å²) in [5.41, 5.74) is 3.84. The zero-order chi connectivity index (χ0) is 17.1. The summed E-state index contributed by atoms with van der Waals surface area (Å²) in [6, 6.07) is 12.3. The van der Waals surface area contributed by atoms with Crippen molar-refractivity contribution in [1.29, 1.82) is 0 Å². The highest BCUT2D eigenvalue weighted by Gasteiger charge is 2.27. The van der Waals surface area contributed by atoms with Gasteiger partial charge >= 0.3 is 0 Å². The number of rotatable bonds is 3. The van der Waals surface area contributed by atoms with E-state index in [0.29, 0.717) is 27.3 Å². The molecule has 2 aromatic carbocycles. The van der Waals surface area contributed by atoms with Crippen LogP contribution in [0.1, 0.15) is 12.5 Å². The van der Waals surface area contributed by atoms with Gasteiger partial charge in [0.15, 0.2) is 11.5 Å². The van der Waals surface area contributed by atoms with Crippen molar-refractivity contribution in [2.45, 2.75) is 13.0 Å². The number of fused-ring (bicyclic) bond motifs is 1. The molecular weight excluding hydrogens is 351 g/mol. The average molecular weight is 365 g/mol. The van der Waals surface area contributed by atoms with Crippen molar-refractivity contribution in [3.8, 4) is 11.5 Å². The zero-order valence-corrected chi connectivity index (χ0v) is 14.3. The van der Waals surface area contributed by atoms with Crippen LogP contribution in [0.3, 0.4) is 0 Å². The van der Waals surface area contributed by atoms with E-state index in [1.807, 2.05) is 12.1 Å². The van der Waals surface area contributed by atoms with E-state index in [1.165, 1.54) is 0 Å². The highest BCUT2D eigenvalue weighted by molar-refractivity contribution is 6.42. The highest BCUT2D eigenvalue weighted by Crippen LogP contribution is 2.30. The number of halogens is 2. The molecule has 7 heteroatoms. The average Bonchev–Trinajstić information content (AvgIpc) is 2.61. The molecule has 0 aliphatic carbocycles. The van der Waals surface area contributed by atoms with E-state index >= 15 is 0 Å². The summed E-state index contributed by atoms with van der Waals surface area (Å²) < 4.78 is 11.1. The van der Waals surface area contributed by atoms with Gasteiger partial charge in [-0.25, -0.2) is 5.43 Å². The number of ether oxygens (including phenoxy) is 2. The minimum absolute atomic E-state index is 0.129. The number of amides is 1. The number of benzene rings is 2. The molecule has 1 amide bonds. The van der Waals surface area contributed by atoms with Crippen LogP contribution in [0.15, 0.2) is 47.6 Å². The van der Waals surface area contributed by atoms with Gasteiger partial charge < -0.3 is 9.47 Å². The van der Waals surface area contributed by atoms with Crippen molar-refractivity contribution in [1.82, 2.24) is 5.43 Å². The normalized spacial score (nSPS) is 16.6. The van der Waals surface area contributed by atoms with Crippen molar-refractivity contribution in [3.05, 3.63) is 58.1 Å². The molecular formula is C17H14Cl2N2O3. The summed E-state index contributed by atoms with van der Waals surface area (Å²) >= 11 is 11.9. The number of para-hydroxylation sites is 2. The summed E-state index contributed by atoms with van der Waals surface area (Å²) in [5.74, 6) is 0.773. The fourth-order valence-electron chi connectivity index (χ4n) is 2.15. The predicted molar refractivity (Wildman–Crippen MR) is 93.2 cm³/mol. The fraction of sp³-hybridized carbons (Fsp3) is 0.176. The molecule has 1 N–H and O–H groups in total. The van der Waals surface area contributed by atoms with Crippen LogP contribution in [0.4, 0.5) is 0 Å². The molecule has 1 heterocycles.